The van der Waals surface area contributed by atoms with Gasteiger partial charge in [0.1, 0.15) is 0 Å². The van der Waals surface area contributed by atoms with Crippen LogP contribution in [0.4, 0.5) is 0 Å². The molecule has 18 heavy (non-hydrogen) atoms. The molecule has 0 fully saturated rings. The maximum atomic E-state index is 8.41. The summed E-state index contributed by atoms with van der Waals surface area (Å²) in [4.78, 5) is 0. The highest BCUT2D eigenvalue weighted by atomic mass is 79.9. The first-order valence-electron chi connectivity index (χ1n) is 4.80. The van der Waals surface area contributed by atoms with Crippen LogP contribution < -0.4 is 20.7 Å². The number of benzene rings is 1. The summed E-state index contributed by atoms with van der Waals surface area (Å²) in [5.74, 6) is 0.962. The van der Waals surface area contributed by atoms with Crippen LogP contribution in [0.2, 0.25) is 0 Å². The number of nitrogens with one attached hydrogen (secondary N) is 1. The summed E-state index contributed by atoms with van der Waals surface area (Å²) < 4.78 is 11.1. The first-order valence-corrected chi connectivity index (χ1v) is 5.59. The minimum absolute atomic E-state index is 0.206. The number of hydrogen-bond donors (Lipinski definition) is 3. The molecule has 8 heteroatoms. The van der Waals surface area contributed by atoms with Gasteiger partial charge in [-0.2, -0.15) is 5.10 Å². The number of halogens is 1. The maximum Gasteiger partial charge on any atom is 0.237 e. The molecular weight excluding hydrogens is 304 g/mol. The van der Waals surface area contributed by atoms with Gasteiger partial charge in [-0.15, -0.1) is 5.10 Å². The lowest BCUT2D eigenvalue weighted by molar-refractivity contribution is 0.232. The van der Waals surface area contributed by atoms with E-state index in [1.165, 1.54) is 6.21 Å². The Morgan fingerprint density at radius 3 is 2.56 bits per heavy atom. The zero-order chi connectivity index (χ0) is 13.5. The monoisotopic (exact) mass is 316 g/mol. The second kappa shape index (κ2) is 6.82. The second-order valence-electron chi connectivity index (χ2n) is 3.07. The molecule has 0 aliphatic heterocycles. The van der Waals surface area contributed by atoms with Crippen molar-refractivity contribution in [2.24, 2.45) is 15.9 Å². The van der Waals surface area contributed by atoms with E-state index in [9.17, 15) is 0 Å². The fourth-order valence-corrected chi connectivity index (χ4v) is 1.57. The Hall–Kier alpha value is -1.80. The topological polar surface area (TPSA) is 101 Å². The van der Waals surface area contributed by atoms with E-state index in [0.717, 1.165) is 10.0 Å². The van der Waals surface area contributed by atoms with E-state index >= 15 is 0 Å². The lowest BCUT2D eigenvalue weighted by Crippen LogP contribution is -2.27. The molecule has 0 saturated heterocycles. The summed E-state index contributed by atoms with van der Waals surface area (Å²) >= 11 is 3.36. The third-order valence-electron chi connectivity index (χ3n) is 1.98. The third-order valence-corrected chi connectivity index (χ3v) is 2.67. The molecule has 0 atom stereocenters. The summed E-state index contributed by atoms with van der Waals surface area (Å²) in [6, 6.07) is 3.47. The standard InChI is InChI=1S/C10H13BrN4O3/c1-17-8-3-6(5-13-14-10(12)15-16)7(11)4-9(8)18-2/h3-5,16H,1-2H3,(H3,12,14,15). The predicted molar refractivity (Wildman–Crippen MR) is 71.4 cm³/mol. The zero-order valence-corrected chi connectivity index (χ0v) is 11.4. The van der Waals surface area contributed by atoms with Crippen molar-refractivity contribution >= 4 is 28.1 Å². The van der Waals surface area contributed by atoms with Crippen molar-refractivity contribution in [2.75, 3.05) is 14.2 Å². The fraction of sp³-hybridized carbons (Fsp3) is 0.200. The van der Waals surface area contributed by atoms with Crippen LogP contribution in [-0.2, 0) is 0 Å². The van der Waals surface area contributed by atoms with Crippen LogP contribution in [0.1, 0.15) is 5.56 Å². The zero-order valence-electron chi connectivity index (χ0n) is 9.85. The quantitative estimate of drug-likeness (QED) is 0.438. The molecule has 0 aromatic heterocycles. The average Bonchev–Trinajstić information content (AvgIpc) is 2.39. The van der Waals surface area contributed by atoms with E-state index in [0.29, 0.717) is 11.5 Å². The number of rotatable bonds is 4. The minimum Gasteiger partial charge on any atom is -0.493 e. The van der Waals surface area contributed by atoms with E-state index in [1.807, 2.05) is 0 Å². The molecule has 0 saturated carbocycles. The number of nitrogens with zero attached hydrogens (tertiary/aromatic N) is 2. The first-order chi connectivity index (χ1) is 8.62. The van der Waals surface area contributed by atoms with Crippen LogP contribution in [0, 0.1) is 0 Å². The number of hydroxylamine groups is 1. The molecule has 4 N–H and O–H groups in total. The van der Waals surface area contributed by atoms with Gasteiger partial charge in [0, 0.05) is 10.0 Å². The van der Waals surface area contributed by atoms with Crippen molar-refractivity contribution in [3.63, 3.8) is 0 Å². The van der Waals surface area contributed by atoms with Gasteiger partial charge < -0.3 is 15.2 Å². The van der Waals surface area contributed by atoms with Crippen molar-refractivity contribution in [3.05, 3.63) is 22.2 Å². The predicted octanol–water partition coefficient (Wildman–Crippen LogP) is 1.09. The molecule has 7 nitrogen and oxygen atoms in total. The molecule has 0 spiro atoms. The Morgan fingerprint density at radius 2 is 2.00 bits per heavy atom. The first kappa shape index (κ1) is 14.3. The van der Waals surface area contributed by atoms with Crippen LogP contribution in [0.25, 0.3) is 0 Å². The number of guanidine groups is 1. The molecule has 1 aromatic carbocycles. The van der Waals surface area contributed by atoms with E-state index in [-0.39, 0.29) is 5.96 Å². The van der Waals surface area contributed by atoms with Crippen LogP contribution in [0.5, 0.6) is 11.5 Å². The van der Waals surface area contributed by atoms with Crippen molar-refractivity contribution < 1.29 is 14.7 Å². The molecule has 0 radical (unpaired) electrons. The van der Waals surface area contributed by atoms with Gasteiger partial charge in [-0.3, -0.25) is 5.21 Å². The summed E-state index contributed by atoms with van der Waals surface area (Å²) in [7, 11) is 3.09. The number of ether oxygens (including phenoxy) is 2. The SMILES string of the molecule is COc1cc(Br)c(C=N/N=C(\N)NO)cc1OC. The van der Waals surface area contributed by atoms with E-state index < -0.39 is 0 Å². The van der Waals surface area contributed by atoms with Crippen molar-refractivity contribution in [3.8, 4) is 11.5 Å². The molecular formula is C10H13BrN4O3. The Labute approximate surface area is 112 Å². The Balaban J connectivity index is 3.03. The van der Waals surface area contributed by atoms with E-state index in [1.54, 1.807) is 31.8 Å². The smallest absolute Gasteiger partial charge is 0.237 e. The molecule has 0 unspecified atom stereocenters. The minimum atomic E-state index is -0.206. The van der Waals surface area contributed by atoms with E-state index in [2.05, 4.69) is 26.1 Å². The van der Waals surface area contributed by atoms with Crippen LogP contribution in [-0.4, -0.2) is 31.6 Å². The lowest BCUT2D eigenvalue weighted by Gasteiger charge is -2.09. The Bertz CT molecular complexity index is 476. The van der Waals surface area contributed by atoms with Crippen LogP contribution in [0.3, 0.4) is 0 Å². The van der Waals surface area contributed by atoms with Crippen LogP contribution in [0.15, 0.2) is 26.8 Å². The van der Waals surface area contributed by atoms with Gasteiger partial charge in [0.25, 0.3) is 0 Å². The van der Waals surface area contributed by atoms with Gasteiger partial charge in [-0.1, -0.05) is 0 Å². The van der Waals surface area contributed by atoms with Gasteiger partial charge in [0.2, 0.25) is 5.96 Å². The Morgan fingerprint density at radius 1 is 1.39 bits per heavy atom. The highest BCUT2D eigenvalue weighted by Gasteiger charge is 2.07. The van der Waals surface area contributed by atoms with Gasteiger partial charge in [0.05, 0.1) is 20.4 Å². The molecule has 98 valence electrons. The molecule has 0 aliphatic carbocycles. The highest BCUT2D eigenvalue weighted by molar-refractivity contribution is 9.10. The Kier molecular flexibility index (Phi) is 5.40. The normalized spacial score (nSPS) is 11.7. The molecule has 0 aliphatic rings. The second-order valence-corrected chi connectivity index (χ2v) is 3.92. The van der Waals surface area contributed by atoms with Crippen molar-refractivity contribution in [1.82, 2.24) is 5.48 Å². The van der Waals surface area contributed by atoms with E-state index in [4.69, 9.17) is 20.4 Å². The summed E-state index contributed by atoms with van der Waals surface area (Å²) in [6.07, 6.45) is 1.45. The van der Waals surface area contributed by atoms with Gasteiger partial charge in [-0.05, 0) is 28.1 Å². The lowest BCUT2D eigenvalue weighted by atomic mass is 10.2. The summed E-state index contributed by atoms with van der Waals surface area (Å²) in [5.41, 5.74) is 7.58. The van der Waals surface area contributed by atoms with Crippen molar-refractivity contribution in [2.45, 2.75) is 0 Å². The van der Waals surface area contributed by atoms with Crippen LogP contribution >= 0.6 is 15.9 Å². The third kappa shape index (κ3) is 3.60. The van der Waals surface area contributed by atoms with Gasteiger partial charge in [-0.25, -0.2) is 5.48 Å². The molecule has 1 aromatic rings. The number of hydrogen-bond acceptors (Lipinski definition) is 5. The van der Waals surface area contributed by atoms with Gasteiger partial charge in [0.15, 0.2) is 11.5 Å². The molecule has 0 bridgehead atoms. The average molecular weight is 317 g/mol. The number of nitrogens with two attached hydrogens (primary N) is 1. The maximum absolute atomic E-state index is 8.41. The highest BCUT2D eigenvalue weighted by Crippen LogP contribution is 2.32. The number of methoxy groups -OCH3 is 2. The molecule has 0 amide bonds. The molecule has 1 rings (SSSR count). The fourth-order valence-electron chi connectivity index (χ4n) is 1.14. The molecule has 0 heterocycles. The van der Waals surface area contributed by atoms with Gasteiger partial charge >= 0.3 is 0 Å². The van der Waals surface area contributed by atoms with Crippen molar-refractivity contribution in [1.29, 1.82) is 0 Å². The largest absolute Gasteiger partial charge is 0.493 e. The summed E-state index contributed by atoms with van der Waals surface area (Å²) in [6.45, 7) is 0. The summed E-state index contributed by atoms with van der Waals surface area (Å²) in [5, 5.41) is 15.6.